The van der Waals surface area contributed by atoms with Gasteiger partial charge in [-0.2, -0.15) is 0 Å². The van der Waals surface area contributed by atoms with Crippen LogP contribution in [0, 0.1) is 0 Å². The maximum absolute atomic E-state index is 5.50. The molecule has 0 aromatic carbocycles. The van der Waals surface area contributed by atoms with E-state index >= 15 is 0 Å². The topological polar surface area (TPSA) is 57.4 Å². The first-order valence-corrected chi connectivity index (χ1v) is 5.12. The largest absolute Gasteiger partial charge is 0.489 e. The molecule has 0 aliphatic carbocycles. The summed E-state index contributed by atoms with van der Waals surface area (Å²) in [5, 5.41) is 0. The van der Waals surface area contributed by atoms with Gasteiger partial charge in [0.1, 0.15) is 23.0 Å². The fourth-order valence-electron chi connectivity index (χ4n) is 1.05. The highest BCUT2D eigenvalue weighted by atomic mass is 32.1. The van der Waals surface area contributed by atoms with Crippen LogP contribution in [-0.4, -0.2) is 29.8 Å². The molecule has 1 aromatic heterocycles. The van der Waals surface area contributed by atoms with Crippen molar-refractivity contribution in [2.24, 2.45) is 5.73 Å². The average Bonchev–Trinajstić information content (AvgIpc) is 2.25. The lowest BCUT2D eigenvalue weighted by Crippen LogP contribution is -2.15. The molecule has 5 heteroatoms. The Labute approximate surface area is 94.4 Å². The number of hydrogen-bond donors (Lipinski definition) is 1. The number of pyridine rings is 1. The van der Waals surface area contributed by atoms with Crippen molar-refractivity contribution in [2.45, 2.75) is 6.92 Å². The van der Waals surface area contributed by atoms with Gasteiger partial charge in [-0.05, 0) is 19.1 Å². The number of ether oxygens (including phenoxy) is 2. The monoisotopic (exact) mass is 226 g/mol. The van der Waals surface area contributed by atoms with E-state index in [-0.39, 0.29) is 4.99 Å². The molecule has 15 heavy (non-hydrogen) atoms. The van der Waals surface area contributed by atoms with Crippen LogP contribution in [0.15, 0.2) is 18.3 Å². The second-order valence-corrected chi connectivity index (χ2v) is 3.20. The lowest BCUT2D eigenvalue weighted by molar-refractivity contribution is 0.110. The minimum absolute atomic E-state index is 0.238. The fourth-order valence-corrected chi connectivity index (χ4v) is 1.20. The van der Waals surface area contributed by atoms with Gasteiger partial charge in [-0.25, -0.2) is 4.98 Å². The molecule has 0 aliphatic heterocycles. The van der Waals surface area contributed by atoms with Crippen molar-refractivity contribution in [1.29, 1.82) is 0 Å². The first-order valence-electron chi connectivity index (χ1n) is 4.71. The number of nitrogens with zero attached hydrogens (tertiary/aromatic N) is 1. The van der Waals surface area contributed by atoms with Crippen molar-refractivity contribution in [2.75, 3.05) is 19.8 Å². The molecule has 0 fully saturated rings. The second-order valence-electron chi connectivity index (χ2n) is 2.76. The van der Waals surface area contributed by atoms with Crippen LogP contribution >= 0.6 is 12.2 Å². The Morgan fingerprint density at radius 1 is 1.53 bits per heavy atom. The molecule has 2 N–H and O–H groups in total. The van der Waals surface area contributed by atoms with Gasteiger partial charge < -0.3 is 15.2 Å². The highest BCUT2D eigenvalue weighted by Gasteiger charge is 2.06. The van der Waals surface area contributed by atoms with E-state index < -0.39 is 0 Å². The summed E-state index contributed by atoms with van der Waals surface area (Å²) in [7, 11) is 0. The molecule has 0 spiro atoms. The Hall–Kier alpha value is -1.20. The number of aromatic nitrogens is 1. The standard InChI is InChI=1S/C10H14N2O2S/c1-2-13-6-7-14-8-4-3-5-12-9(8)10(11)15/h3-5H,2,6-7H2,1H3,(H2,11,15). The lowest BCUT2D eigenvalue weighted by Gasteiger charge is -2.09. The molecule has 0 bridgehead atoms. The van der Waals surface area contributed by atoms with Gasteiger partial charge in [-0.3, -0.25) is 0 Å². The zero-order chi connectivity index (χ0) is 11.1. The van der Waals surface area contributed by atoms with Gasteiger partial charge in [-0.15, -0.1) is 0 Å². The van der Waals surface area contributed by atoms with E-state index in [1.165, 1.54) is 0 Å². The maximum Gasteiger partial charge on any atom is 0.148 e. The van der Waals surface area contributed by atoms with E-state index in [1.54, 1.807) is 18.3 Å². The van der Waals surface area contributed by atoms with Crippen LogP contribution in [0.1, 0.15) is 12.6 Å². The number of thiocarbonyl (C=S) groups is 1. The van der Waals surface area contributed by atoms with E-state index in [4.69, 9.17) is 27.4 Å². The maximum atomic E-state index is 5.50. The van der Waals surface area contributed by atoms with Crippen LogP contribution < -0.4 is 10.5 Å². The molecule has 1 rings (SSSR count). The number of hydrogen-bond acceptors (Lipinski definition) is 4. The molecule has 0 aliphatic rings. The van der Waals surface area contributed by atoms with E-state index in [1.807, 2.05) is 6.92 Å². The molecule has 0 atom stereocenters. The van der Waals surface area contributed by atoms with Gasteiger partial charge in [0.2, 0.25) is 0 Å². The molecule has 0 amide bonds. The van der Waals surface area contributed by atoms with Gasteiger partial charge in [-0.1, -0.05) is 12.2 Å². The lowest BCUT2D eigenvalue weighted by atomic mass is 10.3. The third-order valence-corrected chi connectivity index (χ3v) is 1.89. The molecular formula is C10H14N2O2S. The molecule has 1 aromatic rings. The molecule has 82 valence electrons. The fraction of sp³-hybridized carbons (Fsp3) is 0.400. The quantitative estimate of drug-likeness (QED) is 0.582. The predicted octanol–water partition coefficient (Wildman–Crippen LogP) is 1.13. The number of rotatable bonds is 6. The molecule has 1 heterocycles. The van der Waals surface area contributed by atoms with Gasteiger partial charge in [0.05, 0.1) is 6.61 Å². The molecular weight excluding hydrogens is 212 g/mol. The van der Waals surface area contributed by atoms with E-state index in [9.17, 15) is 0 Å². The van der Waals surface area contributed by atoms with Gasteiger partial charge in [0.15, 0.2) is 0 Å². The Morgan fingerprint density at radius 3 is 3.00 bits per heavy atom. The van der Waals surface area contributed by atoms with Crippen molar-refractivity contribution in [3.63, 3.8) is 0 Å². The average molecular weight is 226 g/mol. The third kappa shape index (κ3) is 3.81. The van der Waals surface area contributed by atoms with Gasteiger partial charge >= 0.3 is 0 Å². The Morgan fingerprint density at radius 2 is 2.33 bits per heavy atom. The summed E-state index contributed by atoms with van der Waals surface area (Å²) in [5.41, 5.74) is 6.02. The van der Waals surface area contributed by atoms with Gasteiger partial charge in [0, 0.05) is 12.8 Å². The van der Waals surface area contributed by atoms with Crippen molar-refractivity contribution in [3.8, 4) is 5.75 Å². The smallest absolute Gasteiger partial charge is 0.148 e. The first-order chi connectivity index (χ1) is 7.25. The highest BCUT2D eigenvalue weighted by Crippen LogP contribution is 2.14. The van der Waals surface area contributed by atoms with Crippen LogP contribution in [0.3, 0.4) is 0 Å². The van der Waals surface area contributed by atoms with Crippen LogP contribution in [0.2, 0.25) is 0 Å². The van der Waals surface area contributed by atoms with Crippen molar-refractivity contribution >= 4 is 17.2 Å². The Bertz CT molecular complexity index is 331. The third-order valence-electron chi connectivity index (χ3n) is 1.69. The van der Waals surface area contributed by atoms with E-state index in [0.29, 0.717) is 31.3 Å². The molecule has 0 saturated carbocycles. The van der Waals surface area contributed by atoms with Crippen molar-refractivity contribution in [3.05, 3.63) is 24.0 Å². The molecule has 0 radical (unpaired) electrons. The highest BCUT2D eigenvalue weighted by molar-refractivity contribution is 7.80. The summed E-state index contributed by atoms with van der Waals surface area (Å²) in [6.45, 7) is 3.63. The van der Waals surface area contributed by atoms with E-state index in [2.05, 4.69) is 4.98 Å². The zero-order valence-corrected chi connectivity index (χ0v) is 9.42. The van der Waals surface area contributed by atoms with Crippen molar-refractivity contribution < 1.29 is 9.47 Å². The normalized spacial score (nSPS) is 9.93. The summed E-state index contributed by atoms with van der Waals surface area (Å²) in [4.78, 5) is 4.28. The van der Waals surface area contributed by atoms with Crippen LogP contribution in [0.4, 0.5) is 0 Å². The molecule has 0 saturated heterocycles. The van der Waals surface area contributed by atoms with Crippen LogP contribution in [-0.2, 0) is 4.74 Å². The molecule has 4 nitrogen and oxygen atoms in total. The summed E-state index contributed by atoms with van der Waals surface area (Å²) < 4.78 is 10.6. The minimum atomic E-state index is 0.238. The SMILES string of the molecule is CCOCCOc1cccnc1C(N)=S. The van der Waals surface area contributed by atoms with Gasteiger partial charge in [0.25, 0.3) is 0 Å². The van der Waals surface area contributed by atoms with E-state index in [0.717, 1.165) is 0 Å². The summed E-state index contributed by atoms with van der Waals surface area (Å²) in [6.07, 6.45) is 1.63. The van der Waals surface area contributed by atoms with Crippen molar-refractivity contribution in [1.82, 2.24) is 4.98 Å². The minimum Gasteiger partial charge on any atom is -0.489 e. The molecule has 0 unspecified atom stereocenters. The zero-order valence-electron chi connectivity index (χ0n) is 8.60. The first kappa shape index (κ1) is 11.9. The summed E-state index contributed by atoms with van der Waals surface area (Å²) in [5.74, 6) is 0.602. The second kappa shape index (κ2) is 6.31. The summed E-state index contributed by atoms with van der Waals surface area (Å²) >= 11 is 4.86. The van der Waals surface area contributed by atoms with Crippen LogP contribution in [0.5, 0.6) is 5.75 Å². The number of nitrogens with two attached hydrogens (primary N) is 1. The Kier molecular flexibility index (Phi) is 5.00. The Balaban J connectivity index is 2.56. The predicted molar refractivity (Wildman–Crippen MR) is 62.1 cm³/mol. The summed E-state index contributed by atoms with van der Waals surface area (Å²) in [6, 6.07) is 3.56. The van der Waals surface area contributed by atoms with Crippen LogP contribution in [0.25, 0.3) is 0 Å².